The van der Waals surface area contributed by atoms with E-state index in [1.54, 1.807) is 36.8 Å². The van der Waals surface area contributed by atoms with Crippen molar-refractivity contribution in [3.05, 3.63) is 66.2 Å². The summed E-state index contributed by atoms with van der Waals surface area (Å²) < 4.78 is 1.99. The van der Waals surface area contributed by atoms with E-state index in [0.717, 1.165) is 27.9 Å². The lowest BCUT2D eigenvalue weighted by Gasteiger charge is -2.14. The first-order valence-electron chi connectivity index (χ1n) is 7.24. The van der Waals surface area contributed by atoms with Gasteiger partial charge in [0.2, 0.25) is 0 Å². The molecule has 3 rings (SSSR count). The van der Waals surface area contributed by atoms with E-state index < -0.39 is 8.80 Å². The molecule has 3 N–H and O–H groups in total. The molecule has 23 heavy (non-hydrogen) atoms. The smallest absolute Gasteiger partial charge is 0.386 e. The lowest BCUT2D eigenvalue weighted by atomic mass is 9.99. The lowest BCUT2D eigenvalue weighted by Crippen LogP contribution is -2.48. The summed E-state index contributed by atoms with van der Waals surface area (Å²) in [5, 5.41) is 0.171. The van der Waals surface area contributed by atoms with E-state index in [-0.39, 0.29) is 5.19 Å². The van der Waals surface area contributed by atoms with Gasteiger partial charge in [0, 0.05) is 17.6 Å². The molecule has 0 atom stereocenters. The SMILES string of the molecule is Cc1cc(-c2ccc([Si](O)(O)O)cc2)cc(C)c1-n1ccnc1. The monoisotopic (exact) mass is 326 g/mol. The maximum absolute atomic E-state index is 9.32. The normalized spacial score (nSPS) is 11.7. The van der Waals surface area contributed by atoms with Gasteiger partial charge in [-0.15, -0.1) is 0 Å². The molecule has 0 saturated carbocycles. The molecule has 3 aromatic rings. The van der Waals surface area contributed by atoms with E-state index >= 15 is 0 Å². The molecule has 0 fully saturated rings. The molecule has 6 heteroatoms. The standard InChI is InChI=1S/C17H18N2O3Si/c1-12-9-15(10-13(2)17(12)19-8-7-18-11-19)14-3-5-16(6-4-14)23(20,21)22/h3-11,20-22H,1-2H3. The minimum atomic E-state index is -4.23. The number of imidazole rings is 1. The van der Waals surface area contributed by atoms with Gasteiger partial charge < -0.3 is 19.0 Å². The van der Waals surface area contributed by atoms with Crippen LogP contribution in [0.5, 0.6) is 0 Å². The summed E-state index contributed by atoms with van der Waals surface area (Å²) in [6.45, 7) is 4.10. The first-order valence-corrected chi connectivity index (χ1v) is 9.08. The molecule has 0 unspecified atom stereocenters. The quantitative estimate of drug-likeness (QED) is 0.634. The Morgan fingerprint density at radius 1 is 0.913 bits per heavy atom. The van der Waals surface area contributed by atoms with Crippen molar-refractivity contribution in [3.8, 4) is 16.8 Å². The van der Waals surface area contributed by atoms with Crippen LogP contribution in [0.3, 0.4) is 0 Å². The zero-order valence-electron chi connectivity index (χ0n) is 12.9. The van der Waals surface area contributed by atoms with Crippen molar-refractivity contribution >= 4 is 14.0 Å². The van der Waals surface area contributed by atoms with Crippen molar-refractivity contribution in [2.45, 2.75) is 13.8 Å². The number of benzene rings is 2. The van der Waals surface area contributed by atoms with Crippen LogP contribution in [0, 0.1) is 13.8 Å². The van der Waals surface area contributed by atoms with Crippen LogP contribution in [0.4, 0.5) is 0 Å². The van der Waals surface area contributed by atoms with Crippen LogP contribution in [-0.2, 0) is 0 Å². The van der Waals surface area contributed by atoms with Crippen molar-refractivity contribution < 1.29 is 14.4 Å². The van der Waals surface area contributed by atoms with Crippen molar-refractivity contribution in [1.82, 2.24) is 9.55 Å². The third-order valence-corrected chi connectivity index (χ3v) is 4.97. The molecule has 0 saturated heterocycles. The number of hydrogen-bond acceptors (Lipinski definition) is 4. The average Bonchev–Trinajstić information content (AvgIpc) is 2.99. The summed E-state index contributed by atoms with van der Waals surface area (Å²) in [6.07, 6.45) is 5.44. The number of rotatable bonds is 3. The second-order valence-corrected chi connectivity index (χ2v) is 7.49. The molecule has 0 amide bonds. The number of nitrogens with zero attached hydrogens (tertiary/aromatic N) is 2. The van der Waals surface area contributed by atoms with Crippen LogP contribution in [0.2, 0.25) is 0 Å². The highest BCUT2D eigenvalue weighted by Gasteiger charge is 2.29. The van der Waals surface area contributed by atoms with Gasteiger partial charge in [-0.2, -0.15) is 0 Å². The van der Waals surface area contributed by atoms with Gasteiger partial charge in [0.05, 0.1) is 12.0 Å². The molecule has 1 aromatic heterocycles. The van der Waals surface area contributed by atoms with Gasteiger partial charge in [-0.1, -0.05) is 24.3 Å². The second kappa shape index (κ2) is 5.75. The summed E-state index contributed by atoms with van der Waals surface area (Å²) in [6, 6.07) is 10.8. The van der Waals surface area contributed by atoms with Gasteiger partial charge >= 0.3 is 8.80 Å². The number of aromatic nitrogens is 2. The molecule has 0 spiro atoms. The molecule has 5 nitrogen and oxygen atoms in total. The van der Waals surface area contributed by atoms with Gasteiger partial charge in [0.25, 0.3) is 0 Å². The Balaban J connectivity index is 2.02. The maximum Gasteiger partial charge on any atom is 0.528 e. The van der Waals surface area contributed by atoms with Crippen LogP contribution < -0.4 is 5.19 Å². The van der Waals surface area contributed by atoms with Crippen molar-refractivity contribution in [2.75, 3.05) is 0 Å². The largest absolute Gasteiger partial charge is 0.528 e. The predicted octanol–water partition coefficient (Wildman–Crippen LogP) is 1.28. The number of aryl methyl sites for hydroxylation is 2. The molecule has 1 heterocycles. The minimum Gasteiger partial charge on any atom is -0.386 e. The van der Waals surface area contributed by atoms with Crippen LogP contribution in [0.25, 0.3) is 16.8 Å². The van der Waals surface area contributed by atoms with Crippen molar-refractivity contribution in [3.63, 3.8) is 0 Å². The highest BCUT2D eigenvalue weighted by Crippen LogP contribution is 2.27. The van der Waals surface area contributed by atoms with Crippen molar-refractivity contribution in [1.29, 1.82) is 0 Å². The predicted molar refractivity (Wildman–Crippen MR) is 90.5 cm³/mol. The third kappa shape index (κ3) is 3.11. The average molecular weight is 326 g/mol. The van der Waals surface area contributed by atoms with E-state index in [1.165, 1.54) is 0 Å². The van der Waals surface area contributed by atoms with Gasteiger partial charge in [-0.05, 0) is 48.2 Å². The van der Waals surface area contributed by atoms with E-state index in [9.17, 15) is 14.4 Å². The zero-order chi connectivity index (χ0) is 16.6. The molecular weight excluding hydrogens is 308 g/mol. The molecule has 2 aromatic carbocycles. The summed E-state index contributed by atoms with van der Waals surface area (Å²) in [4.78, 5) is 32.1. The van der Waals surface area contributed by atoms with Gasteiger partial charge in [-0.25, -0.2) is 4.98 Å². The highest BCUT2D eigenvalue weighted by molar-refractivity contribution is 6.71. The van der Waals surface area contributed by atoms with Gasteiger partial charge in [0.1, 0.15) is 0 Å². The fourth-order valence-corrected chi connectivity index (χ4v) is 3.42. The summed E-state index contributed by atoms with van der Waals surface area (Å²) in [5.41, 5.74) is 5.34. The van der Waals surface area contributed by atoms with E-state index in [1.807, 2.05) is 24.6 Å². The molecule has 0 aliphatic heterocycles. The molecule has 0 bridgehead atoms. The molecule has 0 aliphatic rings. The topological polar surface area (TPSA) is 78.5 Å². The maximum atomic E-state index is 9.32. The Labute approximate surface area is 135 Å². The Kier molecular flexibility index (Phi) is 3.91. The zero-order valence-corrected chi connectivity index (χ0v) is 13.9. The van der Waals surface area contributed by atoms with Crippen LogP contribution >= 0.6 is 0 Å². The number of hydrogen-bond donors (Lipinski definition) is 3. The third-order valence-electron chi connectivity index (χ3n) is 3.86. The Morgan fingerprint density at radius 2 is 1.52 bits per heavy atom. The Morgan fingerprint density at radius 3 is 2.00 bits per heavy atom. The fraction of sp³-hybridized carbons (Fsp3) is 0.118. The van der Waals surface area contributed by atoms with E-state index in [0.29, 0.717) is 0 Å². The summed E-state index contributed by atoms with van der Waals surface area (Å²) in [7, 11) is -4.23. The first-order chi connectivity index (χ1) is 10.9. The van der Waals surface area contributed by atoms with Gasteiger partial charge in [0.15, 0.2) is 0 Å². The lowest BCUT2D eigenvalue weighted by molar-refractivity contribution is 0.250. The fourth-order valence-electron chi connectivity index (χ4n) is 2.81. The molecule has 0 radical (unpaired) electrons. The van der Waals surface area contributed by atoms with E-state index in [4.69, 9.17) is 0 Å². The first kappa shape index (κ1) is 15.6. The van der Waals surface area contributed by atoms with Gasteiger partial charge in [-0.3, -0.25) is 0 Å². The van der Waals surface area contributed by atoms with Crippen LogP contribution in [0.15, 0.2) is 55.1 Å². The van der Waals surface area contributed by atoms with E-state index in [2.05, 4.69) is 17.1 Å². The highest BCUT2D eigenvalue weighted by atomic mass is 28.4. The second-order valence-electron chi connectivity index (χ2n) is 5.64. The molecular formula is C17H18N2O3Si. The van der Waals surface area contributed by atoms with Crippen LogP contribution in [-0.4, -0.2) is 32.7 Å². The molecule has 0 aliphatic carbocycles. The summed E-state index contributed by atoms with van der Waals surface area (Å²) in [5.74, 6) is 0. The summed E-state index contributed by atoms with van der Waals surface area (Å²) >= 11 is 0. The Hall–Kier alpha value is -2.25. The Bertz CT molecular complexity index is 799. The molecule has 118 valence electrons. The van der Waals surface area contributed by atoms with Crippen molar-refractivity contribution in [2.24, 2.45) is 0 Å². The van der Waals surface area contributed by atoms with Crippen LogP contribution in [0.1, 0.15) is 11.1 Å². The minimum absolute atomic E-state index is 0.171.